The van der Waals surface area contributed by atoms with Crippen LogP contribution in [0.5, 0.6) is 0 Å². The van der Waals surface area contributed by atoms with Gasteiger partial charge < -0.3 is 9.64 Å². The summed E-state index contributed by atoms with van der Waals surface area (Å²) < 4.78 is 5.85. The Labute approximate surface area is 126 Å². The van der Waals surface area contributed by atoms with E-state index in [1.54, 1.807) is 13.2 Å². The van der Waals surface area contributed by atoms with Crippen LogP contribution in [-0.2, 0) is 4.74 Å². The summed E-state index contributed by atoms with van der Waals surface area (Å²) in [5, 5.41) is 11.3. The molecule has 7 heteroatoms. The lowest BCUT2D eigenvalue weighted by Crippen LogP contribution is -2.38. The molecule has 108 valence electrons. The van der Waals surface area contributed by atoms with Gasteiger partial charge in [-0.3, -0.25) is 5.32 Å². The number of carbonyl (C=O) groups is 1. The first-order chi connectivity index (χ1) is 9.58. The molecule has 0 unspecified atom stereocenters. The standard InChI is InChI=1S/C13H17BrN4O2/c1-10-11(14)4-5-12(16-10)17-13(19)18(7-3-6-15)8-9-20-2/h4-5H,3,7-9H2,1-2H3,(H,16,17,19). The summed E-state index contributed by atoms with van der Waals surface area (Å²) in [6.45, 7) is 3.06. The van der Waals surface area contributed by atoms with Gasteiger partial charge in [0.15, 0.2) is 0 Å². The predicted octanol–water partition coefficient (Wildman–Crippen LogP) is 2.55. The molecule has 0 radical (unpaired) electrons. The molecule has 0 aliphatic rings. The van der Waals surface area contributed by atoms with Gasteiger partial charge in [-0.25, -0.2) is 9.78 Å². The molecule has 1 heterocycles. The van der Waals surface area contributed by atoms with Crippen molar-refractivity contribution in [2.24, 2.45) is 0 Å². The molecule has 1 rings (SSSR count). The summed E-state index contributed by atoms with van der Waals surface area (Å²) in [6.07, 6.45) is 0.282. The zero-order valence-electron chi connectivity index (χ0n) is 11.5. The van der Waals surface area contributed by atoms with Crippen LogP contribution in [0.1, 0.15) is 12.1 Å². The predicted molar refractivity (Wildman–Crippen MR) is 79.4 cm³/mol. The molecule has 0 aliphatic carbocycles. The molecule has 0 atom stereocenters. The number of pyridine rings is 1. The lowest BCUT2D eigenvalue weighted by Gasteiger charge is -2.21. The van der Waals surface area contributed by atoms with Crippen LogP contribution in [0.25, 0.3) is 0 Å². The van der Waals surface area contributed by atoms with Crippen LogP contribution >= 0.6 is 15.9 Å². The number of hydrogen-bond donors (Lipinski definition) is 1. The van der Waals surface area contributed by atoms with Gasteiger partial charge in [-0.05, 0) is 35.0 Å². The zero-order valence-corrected chi connectivity index (χ0v) is 13.1. The highest BCUT2D eigenvalue weighted by Gasteiger charge is 2.13. The van der Waals surface area contributed by atoms with Crippen LogP contribution in [0.3, 0.4) is 0 Å². The highest BCUT2D eigenvalue weighted by Crippen LogP contribution is 2.16. The van der Waals surface area contributed by atoms with E-state index in [4.69, 9.17) is 10.00 Å². The SMILES string of the molecule is COCCN(CCC#N)C(=O)Nc1ccc(Br)c(C)n1. The maximum absolute atomic E-state index is 12.1. The van der Waals surface area contributed by atoms with E-state index in [-0.39, 0.29) is 12.5 Å². The first kappa shape index (κ1) is 16.4. The summed E-state index contributed by atoms with van der Waals surface area (Å²) in [5.74, 6) is 0.482. The Hall–Kier alpha value is -1.65. The van der Waals surface area contributed by atoms with Crippen LogP contribution in [0.4, 0.5) is 10.6 Å². The molecule has 0 aliphatic heterocycles. The van der Waals surface area contributed by atoms with E-state index in [1.807, 2.05) is 19.1 Å². The monoisotopic (exact) mass is 340 g/mol. The van der Waals surface area contributed by atoms with Gasteiger partial charge in [-0.2, -0.15) is 5.26 Å². The largest absolute Gasteiger partial charge is 0.383 e. The molecular weight excluding hydrogens is 324 g/mol. The number of aryl methyl sites for hydroxylation is 1. The lowest BCUT2D eigenvalue weighted by molar-refractivity contribution is 0.156. The summed E-state index contributed by atoms with van der Waals surface area (Å²) in [6, 6.07) is 5.28. The Morgan fingerprint density at radius 3 is 2.90 bits per heavy atom. The van der Waals surface area contributed by atoms with Crippen molar-refractivity contribution in [1.29, 1.82) is 5.26 Å². The van der Waals surface area contributed by atoms with Crippen molar-refractivity contribution in [3.63, 3.8) is 0 Å². The number of amides is 2. The normalized spacial score (nSPS) is 9.90. The molecule has 1 aromatic rings. The van der Waals surface area contributed by atoms with Crippen LogP contribution in [0.15, 0.2) is 16.6 Å². The van der Waals surface area contributed by atoms with Crippen LogP contribution in [-0.4, -0.2) is 42.7 Å². The van der Waals surface area contributed by atoms with E-state index in [2.05, 4.69) is 26.2 Å². The fraction of sp³-hybridized carbons (Fsp3) is 0.462. The second-order valence-corrected chi connectivity index (χ2v) is 4.94. The number of anilines is 1. The molecule has 0 bridgehead atoms. The second-order valence-electron chi connectivity index (χ2n) is 4.08. The van der Waals surface area contributed by atoms with E-state index in [9.17, 15) is 4.79 Å². The Balaban J connectivity index is 2.68. The minimum Gasteiger partial charge on any atom is -0.383 e. The van der Waals surface area contributed by atoms with E-state index in [1.165, 1.54) is 4.90 Å². The molecular formula is C13H17BrN4O2. The quantitative estimate of drug-likeness (QED) is 0.862. The van der Waals surface area contributed by atoms with Gasteiger partial charge >= 0.3 is 6.03 Å². The van der Waals surface area contributed by atoms with Crippen molar-refractivity contribution in [1.82, 2.24) is 9.88 Å². The Kier molecular flexibility index (Phi) is 6.98. The summed E-state index contributed by atoms with van der Waals surface area (Å²) in [5.41, 5.74) is 0.795. The molecule has 1 aromatic heterocycles. The number of halogens is 1. The van der Waals surface area contributed by atoms with Gasteiger partial charge in [0.1, 0.15) is 5.82 Å². The molecule has 0 saturated carbocycles. The topological polar surface area (TPSA) is 78.2 Å². The van der Waals surface area contributed by atoms with Crippen molar-refractivity contribution in [2.75, 3.05) is 32.1 Å². The molecule has 1 N–H and O–H groups in total. The maximum atomic E-state index is 12.1. The number of nitrogens with zero attached hydrogens (tertiary/aromatic N) is 3. The van der Waals surface area contributed by atoms with Gasteiger partial charge in [-0.1, -0.05) is 0 Å². The third-order valence-corrected chi connectivity index (χ3v) is 3.44. The third kappa shape index (κ3) is 5.15. The fourth-order valence-electron chi connectivity index (χ4n) is 1.50. The van der Waals surface area contributed by atoms with Crippen molar-refractivity contribution in [2.45, 2.75) is 13.3 Å². The van der Waals surface area contributed by atoms with E-state index < -0.39 is 0 Å². The molecule has 0 saturated heterocycles. The maximum Gasteiger partial charge on any atom is 0.323 e. The third-order valence-electron chi connectivity index (χ3n) is 2.60. The summed E-state index contributed by atoms with van der Waals surface area (Å²) in [4.78, 5) is 17.9. The first-order valence-electron chi connectivity index (χ1n) is 6.13. The average Bonchev–Trinajstić information content (AvgIpc) is 2.43. The number of nitrogens with one attached hydrogen (secondary N) is 1. The second kappa shape index (κ2) is 8.51. The molecule has 0 fully saturated rings. The van der Waals surface area contributed by atoms with Crippen LogP contribution < -0.4 is 5.32 Å². The number of methoxy groups -OCH3 is 1. The minimum absolute atomic E-state index is 0.282. The van der Waals surface area contributed by atoms with Gasteiger partial charge in [-0.15, -0.1) is 0 Å². The number of hydrogen-bond acceptors (Lipinski definition) is 4. The molecule has 0 spiro atoms. The van der Waals surface area contributed by atoms with Crippen molar-refractivity contribution >= 4 is 27.8 Å². The number of rotatable bonds is 6. The van der Waals surface area contributed by atoms with Crippen molar-refractivity contribution < 1.29 is 9.53 Å². The fourth-order valence-corrected chi connectivity index (χ4v) is 1.72. The Morgan fingerprint density at radius 1 is 1.55 bits per heavy atom. The van der Waals surface area contributed by atoms with Crippen molar-refractivity contribution in [3.8, 4) is 6.07 Å². The number of ether oxygens (including phenoxy) is 1. The minimum atomic E-state index is -0.286. The van der Waals surface area contributed by atoms with Gasteiger partial charge in [0.25, 0.3) is 0 Å². The molecule has 20 heavy (non-hydrogen) atoms. The van der Waals surface area contributed by atoms with E-state index in [0.717, 1.165) is 10.2 Å². The first-order valence-corrected chi connectivity index (χ1v) is 6.92. The van der Waals surface area contributed by atoms with Crippen LogP contribution in [0.2, 0.25) is 0 Å². The van der Waals surface area contributed by atoms with Gasteiger partial charge in [0.05, 0.1) is 24.8 Å². The summed E-state index contributed by atoms with van der Waals surface area (Å²) >= 11 is 3.35. The van der Waals surface area contributed by atoms with E-state index >= 15 is 0 Å². The van der Waals surface area contributed by atoms with Crippen molar-refractivity contribution in [3.05, 3.63) is 22.3 Å². The smallest absolute Gasteiger partial charge is 0.323 e. The van der Waals surface area contributed by atoms with Gasteiger partial charge in [0, 0.05) is 24.7 Å². The Bertz CT molecular complexity index is 502. The average molecular weight is 341 g/mol. The molecule has 6 nitrogen and oxygen atoms in total. The lowest BCUT2D eigenvalue weighted by atomic mass is 10.3. The summed E-state index contributed by atoms with van der Waals surface area (Å²) in [7, 11) is 1.57. The zero-order chi connectivity index (χ0) is 15.0. The van der Waals surface area contributed by atoms with Crippen LogP contribution in [0, 0.1) is 18.3 Å². The number of carbonyl (C=O) groups excluding carboxylic acids is 1. The number of nitriles is 1. The number of aromatic nitrogens is 1. The molecule has 2 amide bonds. The molecule has 0 aromatic carbocycles. The highest BCUT2D eigenvalue weighted by molar-refractivity contribution is 9.10. The van der Waals surface area contributed by atoms with E-state index in [0.29, 0.717) is 25.5 Å². The number of urea groups is 1. The van der Waals surface area contributed by atoms with Gasteiger partial charge in [0.2, 0.25) is 0 Å². The Morgan fingerprint density at radius 2 is 2.30 bits per heavy atom. The highest BCUT2D eigenvalue weighted by atomic mass is 79.9.